The molecule has 122 valence electrons. The van der Waals surface area contributed by atoms with Crippen LogP contribution in [0.5, 0.6) is 0 Å². The molecule has 0 saturated carbocycles. The Morgan fingerprint density at radius 1 is 1.08 bits per heavy atom. The third-order valence-corrected chi connectivity index (χ3v) is 4.13. The molecule has 1 heterocycles. The molecule has 6 heteroatoms. The molecule has 4 nitrogen and oxygen atoms in total. The summed E-state index contributed by atoms with van der Waals surface area (Å²) in [6.07, 6.45) is 0. The molecule has 1 amide bonds. The summed E-state index contributed by atoms with van der Waals surface area (Å²) in [5.74, 6) is -0.547. The van der Waals surface area contributed by atoms with Gasteiger partial charge in [-0.05, 0) is 43.7 Å². The van der Waals surface area contributed by atoms with Crippen LogP contribution in [0.15, 0.2) is 45.6 Å². The number of hydrogen-bond donors (Lipinski definition) is 1. The summed E-state index contributed by atoms with van der Waals surface area (Å²) >= 11 is 12.0. The van der Waals surface area contributed by atoms with Crippen molar-refractivity contribution in [1.82, 2.24) is 0 Å². The van der Waals surface area contributed by atoms with Gasteiger partial charge in [-0.3, -0.25) is 4.79 Å². The molecule has 2 aromatic carbocycles. The van der Waals surface area contributed by atoms with Crippen molar-refractivity contribution in [3.8, 4) is 0 Å². The predicted molar refractivity (Wildman–Crippen MR) is 96.4 cm³/mol. The van der Waals surface area contributed by atoms with E-state index >= 15 is 0 Å². The van der Waals surface area contributed by atoms with Crippen LogP contribution < -0.4 is 10.9 Å². The fraction of sp³-hybridized carbons (Fsp3) is 0.111. The largest absolute Gasteiger partial charge is 0.421 e. The number of benzene rings is 2. The van der Waals surface area contributed by atoms with Crippen LogP contribution in [-0.2, 0) is 0 Å². The minimum absolute atomic E-state index is 0.110. The molecule has 3 rings (SSSR count). The Morgan fingerprint density at radius 3 is 2.54 bits per heavy atom. The zero-order valence-electron chi connectivity index (χ0n) is 12.9. The number of carbonyl (C=O) groups is 1. The zero-order valence-corrected chi connectivity index (χ0v) is 14.5. The van der Waals surface area contributed by atoms with Crippen molar-refractivity contribution in [2.24, 2.45) is 0 Å². The molecule has 24 heavy (non-hydrogen) atoms. The number of hydrogen-bond acceptors (Lipinski definition) is 3. The molecule has 0 bridgehead atoms. The van der Waals surface area contributed by atoms with Crippen molar-refractivity contribution in [3.05, 3.63) is 73.6 Å². The van der Waals surface area contributed by atoms with E-state index in [4.69, 9.17) is 27.6 Å². The summed E-state index contributed by atoms with van der Waals surface area (Å²) in [6.45, 7) is 3.84. The maximum Gasteiger partial charge on any atom is 0.349 e. The standard InChI is InChI=1S/C18H13Cl2NO3/c1-9-3-4-15(10(2)5-9)21-17(22)13-7-11-6-12(19)8-14(20)16(11)24-18(13)23/h3-8H,1-2H3,(H,21,22). The maximum atomic E-state index is 12.4. The molecular formula is C18H13Cl2NO3. The number of aryl methyl sites for hydroxylation is 2. The number of nitrogens with one attached hydrogen (secondary N) is 1. The van der Waals surface area contributed by atoms with Gasteiger partial charge >= 0.3 is 5.63 Å². The monoisotopic (exact) mass is 361 g/mol. The van der Waals surface area contributed by atoms with Gasteiger partial charge < -0.3 is 9.73 Å². The number of rotatable bonds is 2. The van der Waals surface area contributed by atoms with Crippen molar-refractivity contribution in [2.45, 2.75) is 13.8 Å². The van der Waals surface area contributed by atoms with E-state index in [2.05, 4.69) is 5.32 Å². The molecule has 0 saturated heterocycles. The fourth-order valence-electron chi connectivity index (χ4n) is 2.46. The fourth-order valence-corrected chi connectivity index (χ4v) is 3.01. The predicted octanol–water partition coefficient (Wildman–Crippen LogP) is 4.97. The molecular weight excluding hydrogens is 349 g/mol. The van der Waals surface area contributed by atoms with E-state index in [9.17, 15) is 9.59 Å². The second-order valence-corrected chi connectivity index (χ2v) is 6.37. The number of amides is 1. The molecule has 0 unspecified atom stereocenters. The first-order valence-electron chi connectivity index (χ1n) is 7.16. The summed E-state index contributed by atoms with van der Waals surface area (Å²) < 4.78 is 5.18. The third kappa shape index (κ3) is 3.16. The Balaban J connectivity index is 2.03. The Kier molecular flexibility index (Phi) is 4.35. The number of carbonyl (C=O) groups excluding carboxylic acids is 1. The van der Waals surface area contributed by atoms with Gasteiger partial charge in [0.15, 0.2) is 5.58 Å². The van der Waals surface area contributed by atoms with Crippen LogP contribution in [0.4, 0.5) is 5.69 Å². The summed E-state index contributed by atoms with van der Waals surface area (Å²) in [5.41, 5.74) is 1.96. The summed E-state index contributed by atoms with van der Waals surface area (Å²) in [7, 11) is 0. The second kappa shape index (κ2) is 6.30. The summed E-state index contributed by atoms with van der Waals surface area (Å²) in [5, 5.41) is 3.82. The lowest BCUT2D eigenvalue weighted by Gasteiger charge is -2.09. The average molecular weight is 362 g/mol. The topological polar surface area (TPSA) is 59.3 Å². The molecule has 3 aromatic rings. The van der Waals surface area contributed by atoms with Crippen LogP contribution in [0.2, 0.25) is 10.0 Å². The lowest BCUT2D eigenvalue weighted by atomic mass is 10.1. The van der Waals surface area contributed by atoms with Gasteiger partial charge in [0.1, 0.15) is 5.56 Å². The van der Waals surface area contributed by atoms with Gasteiger partial charge in [-0.25, -0.2) is 4.79 Å². The second-order valence-electron chi connectivity index (χ2n) is 5.53. The molecule has 0 atom stereocenters. The summed E-state index contributed by atoms with van der Waals surface area (Å²) in [4.78, 5) is 24.6. The van der Waals surface area contributed by atoms with Gasteiger partial charge in [0.2, 0.25) is 0 Å². The number of anilines is 1. The van der Waals surface area contributed by atoms with Crippen molar-refractivity contribution in [3.63, 3.8) is 0 Å². The van der Waals surface area contributed by atoms with Crippen LogP contribution in [0.3, 0.4) is 0 Å². The quantitative estimate of drug-likeness (QED) is 0.655. The van der Waals surface area contributed by atoms with E-state index in [0.29, 0.717) is 16.1 Å². The smallest absolute Gasteiger partial charge is 0.349 e. The lowest BCUT2D eigenvalue weighted by Crippen LogP contribution is -2.21. The van der Waals surface area contributed by atoms with Gasteiger partial charge in [0.05, 0.1) is 5.02 Å². The Morgan fingerprint density at radius 2 is 1.83 bits per heavy atom. The van der Waals surface area contributed by atoms with Crippen LogP contribution in [0.25, 0.3) is 11.0 Å². The Bertz CT molecular complexity index is 1020. The Labute approximate surface area is 148 Å². The van der Waals surface area contributed by atoms with Crippen LogP contribution >= 0.6 is 23.2 Å². The van der Waals surface area contributed by atoms with E-state index < -0.39 is 11.5 Å². The SMILES string of the molecule is Cc1ccc(NC(=O)c2cc3cc(Cl)cc(Cl)c3oc2=O)c(C)c1. The molecule has 0 fully saturated rings. The highest BCUT2D eigenvalue weighted by Crippen LogP contribution is 2.27. The number of fused-ring (bicyclic) bond motifs is 1. The van der Waals surface area contributed by atoms with Gasteiger partial charge in [0.25, 0.3) is 5.91 Å². The van der Waals surface area contributed by atoms with Crippen LogP contribution in [0, 0.1) is 13.8 Å². The van der Waals surface area contributed by atoms with Gasteiger partial charge in [-0.1, -0.05) is 40.9 Å². The van der Waals surface area contributed by atoms with Crippen molar-refractivity contribution < 1.29 is 9.21 Å². The third-order valence-electron chi connectivity index (χ3n) is 3.63. The molecule has 1 N–H and O–H groups in total. The lowest BCUT2D eigenvalue weighted by molar-refractivity contribution is 0.102. The highest BCUT2D eigenvalue weighted by Gasteiger charge is 2.16. The van der Waals surface area contributed by atoms with Gasteiger partial charge in [-0.2, -0.15) is 0 Å². The highest BCUT2D eigenvalue weighted by molar-refractivity contribution is 6.38. The zero-order chi connectivity index (χ0) is 17.4. The molecule has 0 spiro atoms. The first kappa shape index (κ1) is 16.6. The molecule has 1 aromatic heterocycles. The van der Waals surface area contributed by atoms with Crippen LogP contribution in [-0.4, -0.2) is 5.91 Å². The van der Waals surface area contributed by atoms with E-state index in [1.165, 1.54) is 12.1 Å². The van der Waals surface area contributed by atoms with Crippen LogP contribution in [0.1, 0.15) is 21.5 Å². The molecule has 0 aliphatic rings. The van der Waals surface area contributed by atoms with Crippen molar-refractivity contribution >= 4 is 45.8 Å². The number of halogens is 2. The highest BCUT2D eigenvalue weighted by atomic mass is 35.5. The van der Waals surface area contributed by atoms with E-state index in [1.54, 1.807) is 12.1 Å². The minimum atomic E-state index is -0.756. The first-order valence-corrected chi connectivity index (χ1v) is 7.92. The van der Waals surface area contributed by atoms with Crippen molar-refractivity contribution in [1.29, 1.82) is 0 Å². The van der Waals surface area contributed by atoms with Crippen molar-refractivity contribution in [2.75, 3.05) is 5.32 Å². The average Bonchev–Trinajstić information content (AvgIpc) is 2.50. The Hall–Kier alpha value is -2.30. The van der Waals surface area contributed by atoms with E-state index in [-0.39, 0.29) is 16.2 Å². The summed E-state index contributed by atoms with van der Waals surface area (Å²) in [6, 6.07) is 10.1. The maximum absolute atomic E-state index is 12.4. The normalized spacial score (nSPS) is 10.8. The first-order chi connectivity index (χ1) is 11.3. The van der Waals surface area contributed by atoms with E-state index in [0.717, 1.165) is 11.1 Å². The molecule has 0 aliphatic carbocycles. The molecule has 0 radical (unpaired) electrons. The van der Waals surface area contributed by atoms with Gasteiger partial charge in [-0.15, -0.1) is 0 Å². The van der Waals surface area contributed by atoms with E-state index in [1.807, 2.05) is 26.0 Å². The minimum Gasteiger partial charge on any atom is -0.421 e. The molecule has 0 aliphatic heterocycles. The van der Waals surface area contributed by atoms with Gasteiger partial charge in [0, 0.05) is 16.1 Å².